The Labute approximate surface area is 107 Å². The normalized spacial score (nSPS) is 10.0. The summed E-state index contributed by atoms with van der Waals surface area (Å²) in [5.74, 6) is 1.39. The Morgan fingerprint density at radius 1 is 1.33 bits per heavy atom. The number of carbonyl (C=O) groups excluding carboxylic acids is 1. The lowest BCUT2D eigenvalue weighted by molar-refractivity contribution is -0.121. The van der Waals surface area contributed by atoms with Crippen molar-refractivity contribution >= 4 is 5.91 Å². The molecule has 0 heterocycles. The van der Waals surface area contributed by atoms with Gasteiger partial charge in [-0.3, -0.25) is 4.79 Å². The van der Waals surface area contributed by atoms with Gasteiger partial charge in [-0.15, -0.1) is 0 Å². The molecule has 0 saturated heterocycles. The summed E-state index contributed by atoms with van der Waals surface area (Å²) in [4.78, 5) is 11.4. The van der Waals surface area contributed by atoms with Gasteiger partial charge in [0.05, 0.1) is 14.2 Å². The molecular weight excluding hydrogens is 232 g/mol. The topological polar surface area (TPSA) is 73.6 Å². The zero-order valence-corrected chi connectivity index (χ0v) is 11.1. The van der Waals surface area contributed by atoms with E-state index in [9.17, 15) is 4.79 Å². The van der Waals surface area contributed by atoms with E-state index in [-0.39, 0.29) is 5.91 Å². The molecule has 18 heavy (non-hydrogen) atoms. The summed E-state index contributed by atoms with van der Waals surface area (Å²) < 4.78 is 10.5. The third-order valence-corrected chi connectivity index (χ3v) is 2.69. The fourth-order valence-electron chi connectivity index (χ4n) is 1.69. The first-order chi connectivity index (χ1) is 8.62. The number of benzene rings is 1. The predicted molar refractivity (Wildman–Crippen MR) is 69.8 cm³/mol. The molecule has 0 aliphatic heterocycles. The molecule has 1 aromatic carbocycles. The van der Waals surface area contributed by atoms with Crippen molar-refractivity contribution in [3.8, 4) is 11.5 Å². The van der Waals surface area contributed by atoms with Gasteiger partial charge in [0.25, 0.3) is 0 Å². The van der Waals surface area contributed by atoms with Crippen LogP contribution in [0.15, 0.2) is 12.1 Å². The van der Waals surface area contributed by atoms with Crippen LogP contribution in [0.4, 0.5) is 0 Å². The summed E-state index contributed by atoms with van der Waals surface area (Å²) in [6.45, 7) is 2.73. The first kappa shape index (κ1) is 14.3. The van der Waals surface area contributed by atoms with Crippen LogP contribution in [-0.2, 0) is 11.3 Å². The number of hydrogen-bond donors (Lipinski definition) is 2. The Hall–Kier alpha value is -1.75. The molecular formula is C13H20N2O3. The Morgan fingerprint density at radius 2 is 2.06 bits per heavy atom. The lowest BCUT2D eigenvalue weighted by Gasteiger charge is -2.14. The first-order valence-electron chi connectivity index (χ1n) is 5.80. The number of nitrogens with one attached hydrogen (secondary N) is 1. The van der Waals surface area contributed by atoms with E-state index >= 15 is 0 Å². The minimum atomic E-state index is -0.0604. The van der Waals surface area contributed by atoms with Crippen LogP contribution in [0.3, 0.4) is 0 Å². The summed E-state index contributed by atoms with van der Waals surface area (Å²) in [6.07, 6.45) is 0.331. The average molecular weight is 252 g/mol. The number of nitrogens with two attached hydrogens (primary N) is 1. The van der Waals surface area contributed by atoms with E-state index in [4.69, 9.17) is 15.2 Å². The van der Waals surface area contributed by atoms with E-state index in [1.54, 1.807) is 20.3 Å². The van der Waals surface area contributed by atoms with E-state index in [0.717, 1.165) is 16.9 Å². The van der Waals surface area contributed by atoms with Gasteiger partial charge in [0, 0.05) is 31.1 Å². The molecule has 5 nitrogen and oxygen atoms in total. The molecule has 0 atom stereocenters. The fourth-order valence-corrected chi connectivity index (χ4v) is 1.69. The Kier molecular flexibility index (Phi) is 5.45. The second-order valence-electron chi connectivity index (χ2n) is 3.94. The highest BCUT2D eigenvalue weighted by Gasteiger charge is 2.10. The summed E-state index contributed by atoms with van der Waals surface area (Å²) in [5, 5.41) is 2.81. The SMILES string of the molecule is COc1cc(C)c(CNC(=O)CCN)c(OC)c1. The number of hydrogen-bond acceptors (Lipinski definition) is 4. The van der Waals surface area contributed by atoms with Crippen molar-refractivity contribution < 1.29 is 14.3 Å². The summed E-state index contributed by atoms with van der Waals surface area (Å²) in [7, 11) is 3.20. The molecule has 3 N–H and O–H groups in total. The van der Waals surface area contributed by atoms with Gasteiger partial charge in [-0.2, -0.15) is 0 Å². The smallest absolute Gasteiger partial charge is 0.221 e. The van der Waals surface area contributed by atoms with E-state index in [1.165, 1.54) is 0 Å². The molecule has 0 bridgehead atoms. The maximum atomic E-state index is 11.4. The third kappa shape index (κ3) is 3.63. The van der Waals surface area contributed by atoms with E-state index in [0.29, 0.717) is 25.3 Å². The summed E-state index contributed by atoms with van der Waals surface area (Å²) in [5.41, 5.74) is 7.28. The molecule has 0 aromatic heterocycles. The zero-order chi connectivity index (χ0) is 13.5. The van der Waals surface area contributed by atoms with Gasteiger partial charge in [-0.1, -0.05) is 0 Å². The molecule has 0 aliphatic rings. The molecule has 1 amide bonds. The third-order valence-electron chi connectivity index (χ3n) is 2.69. The number of rotatable bonds is 6. The van der Waals surface area contributed by atoms with Crippen LogP contribution in [0.1, 0.15) is 17.5 Å². The standard InChI is InChI=1S/C13H20N2O3/c1-9-6-10(17-2)7-12(18-3)11(9)8-15-13(16)4-5-14/h6-7H,4-5,8,14H2,1-3H3,(H,15,16). The second kappa shape index (κ2) is 6.86. The number of aryl methyl sites for hydroxylation is 1. The highest BCUT2D eigenvalue weighted by molar-refractivity contribution is 5.76. The van der Waals surface area contributed by atoms with Crippen LogP contribution < -0.4 is 20.5 Å². The average Bonchev–Trinajstić information content (AvgIpc) is 2.36. The first-order valence-corrected chi connectivity index (χ1v) is 5.80. The number of amides is 1. The zero-order valence-electron chi connectivity index (χ0n) is 11.1. The van der Waals surface area contributed by atoms with Gasteiger partial charge in [0.15, 0.2) is 0 Å². The number of carbonyl (C=O) groups is 1. The Morgan fingerprint density at radius 3 is 2.61 bits per heavy atom. The van der Waals surface area contributed by atoms with Gasteiger partial charge in [0.1, 0.15) is 11.5 Å². The van der Waals surface area contributed by atoms with E-state index in [2.05, 4.69) is 5.32 Å². The highest BCUT2D eigenvalue weighted by Crippen LogP contribution is 2.28. The molecule has 0 radical (unpaired) electrons. The van der Waals surface area contributed by atoms with Crippen molar-refractivity contribution in [3.63, 3.8) is 0 Å². The Bertz CT molecular complexity index is 419. The molecule has 0 fully saturated rings. The fraction of sp³-hybridized carbons (Fsp3) is 0.462. The van der Waals surface area contributed by atoms with E-state index < -0.39 is 0 Å². The van der Waals surface area contributed by atoms with Gasteiger partial charge in [-0.25, -0.2) is 0 Å². The molecule has 0 saturated carbocycles. The largest absolute Gasteiger partial charge is 0.497 e. The van der Waals surface area contributed by atoms with Crippen LogP contribution >= 0.6 is 0 Å². The van der Waals surface area contributed by atoms with Crippen molar-refractivity contribution in [3.05, 3.63) is 23.3 Å². The minimum absolute atomic E-state index is 0.0604. The van der Waals surface area contributed by atoms with Crippen LogP contribution in [0.25, 0.3) is 0 Å². The molecule has 100 valence electrons. The summed E-state index contributed by atoms with van der Waals surface area (Å²) >= 11 is 0. The lowest BCUT2D eigenvalue weighted by Crippen LogP contribution is -2.25. The van der Waals surface area contributed by atoms with Gasteiger partial charge >= 0.3 is 0 Å². The van der Waals surface area contributed by atoms with Gasteiger partial charge in [-0.05, 0) is 18.6 Å². The van der Waals surface area contributed by atoms with Gasteiger partial charge in [0.2, 0.25) is 5.91 Å². The molecule has 5 heteroatoms. The molecule has 1 aromatic rings. The van der Waals surface area contributed by atoms with E-state index in [1.807, 2.05) is 13.0 Å². The summed E-state index contributed by atoms with van der Waals surface area (Å²) in [6, 6.07) is 3.71. The quantitative estimate of drug-likeness (QED) is 0.791. The monoisotopic (exact) mass is 252 g/mol. The number of ether oxygens (including phenoxy) is 2. The molecule has 0 spiro atoms. The highest BCUT2D eigenvalue weighted by atomic mass is 16.5. The number of methoxy groups -OCH3 is 2. The van der Waals surface area contributed by atoms with Crippen molar-refractivity contribution in [2.24, 2.45) is 5.73 Å². The Balaban J connectivity index is 2.84. The predicted octanol–water partition coefficient (Wildman–Crippen LogP) is 0.977. The van der Waals surface area contributed by atoms with Crippen molar-refractivity contribution in [1.82, 2.24) is 5.32 Å². The molecule has 1 rings (SSSR count). The van der Waals surface area contributed by atoms with Crippen molar-refractivity contribution in [2.75, 3.05) is 20.8 Å². The lowest BCUT2D eigenvalue weighted by atomic mass is 10.1. The van der Waals surface area contributed by atoms with Crippen LogP contribution in [0.5, 0.6) is 11.5 Å². The minimum Gasteiger partial charge on any atom is -0.497 e. The molecule has 0 unspecified atom stereocenters. The van der Waals surface area contributed by atoms with Crippen molar-refractivity contribution in [1.29, 1.82) is 0 Å². The van der Waals surface area contributed by atoms with Crippen molar-refractivity contribution in [2.45, 2.75) is 19.9 Å². The van der Waals surface area contributed by atoms with Gasteiger partial charge < -0.3 is 20.5 Å². The second-order valence-corrected chi connectivity index (χ2v) is 3.94. The van der Waals surface area contributed by atoms with Crippen LogP contribution in [0, 0.1) is 6.92 Å². The maximum Gasteiger partial charge on any atom is 0.221 e. The maximum absolute atomic E-state index is 11.4. The molecule has 0 aliphatic carbocycles. The van der Waals surface area contributed by atoms with Crippen LogP contribution in [-0.4, -0.2) is 26.7 Å². The van der Waals surface area contributed by atoms with Crippen LogP contribution in [0.2, 0.25) is 0 Å².